The molecule has 1 N–H and O–H groups in total. The number of rotatable bonds is 2. The highest BCUT2D eigenvalue weighted by atomic mass is 32.1. The lowest BCUT2D eigenvalue weighted by Crippen LogP contribution is -2.43. The fourth-order valence-electron chi connectivity index (χ4n) is 4.97. The first-order valence-corrected chi connectivity index (χ1v) is 13.8. The van der Waals surface area contributed by atoms with E-state index in [-0.39, 0.29) is 23.9 Å². The van der Waals surface area contributed by atoms with E-state index in [4.69, 9.17) is 4.74 Å². The average Bonchev–Trinajstić information content (AvgIpc) is 3.18. The molecule has 4 nitrogen and oxygen atoms in total. The number of thiazole rings is 1. The standard InChI is InChI=1S/C29H47NO3S/c1-18-11-10-12-19(2)22(5)23(6)28(32)29(8,9)21(4)16-27(31)33-26(14-13-18)20(3)15-25-17-34-24(7)30-25/h13,15,17,19,21-23,26,28,32H,10-12,14,16H2,1-9H3/b18-13-,20-15+/t19-,21-,22-,23+,26-,28+/m0/s1. The molecule has 0 aliphatic carbocycles. The van der Waals surface area contributed by atoms with Crippen LogP contribution in [-0.2, 0) is 9.53 Å². The minimum absolute atomic E-state index is 0.00346. The highest BCUT2D eigenvalue weighted by Gasteiger charge is 2.40. The van der Waals surface area contributed by atoms with Crippen LogP contribution in [0.4, 0.5) is 0 Å². The van der Waals surface area contributed by atoms with Gasteiger partial charge in [0.2, 0.25) is 0 Å². The van der Waals surface area contributed by atoms with Crippen LogP contribution in [0.15, 0.2) is 22.6 Å². The van der Waals surface area contributed by atoms with E-state index < -0.39 is 11.5 Å². The van der Waals surface area contributed by atoms with Crippen LogP contribution >= 0.6 is 11.3 Å². The highest BCUT2D eigenvalue weighted by molar-refractivity contribution is 7.09. The Hall–Kier alpha value is -1.46. The summed E-state index contributed by atoms with van der Waals surface area (Å²) in [5.74, 6) is 0.911. The molecule has 1 aliphatic rings. The van der Waals surface area contributed by atoms with Crippen molar-refractivity contribution in [2.45, 2.75) is 107 Å². The van der Waals surface area contributed by atoms with Gasteiger partial charge in [-0.15, -0.1) is 11.3 Å². The van der Waals surface area contributed by atoms with E-state index in [0.717, 1.165) is 35.5 Å². The van der Waals surface area contributed by atoms with Crippen molar-refractivity contribution in [2.24, 2.45) is 29.1 Å². The summed E-state index contributed by atoms with van der Waals surface area (Å²) in [7, 11) is 0. The maximum atomic E-state index is 13.1. The molecule has 1 aromatic rings. The van der Waals surface area contributed by atoms with Crippen molar-refractivity contribution in [1.29, 1.82) is 0 Å². The number of aliphatic hydroxyl groups is 1. The van der Waals surface area contributed by atoms with Crippen LogP contribution in [0.5, 0.6) is 0 Å². The van der Waals surface area contributed by atoms with E-state index in [1.807, 2.05) is 25.3 Å². The molecule has 0 saturated carbocycles. The second kappa shape index (κ2) is 12.5. The molecule has 0 unspecified atom stereocenters. The van der Waals surface area contributed by atoms with E-state index in [1.54, 1.807) is 11.3 Å². The molecule has 0 aromatic carbocycles. The number of carbonyl (C=O) groups excluding carboxylic acids is 1. The van der Waals surface area contributed by atoms with Gasteiger partial charge in [0.05, 0.1) is 16.8 Å². The largest absolute Gasteiger partial charge is 0.457 e. The summed E-state index contributed by atoms with van der Waals surface area (Å²) in [4.78, 5) is 17.6. The van der Waals surface area contributed by atoms with Gasteiger partial charge in [-0.05, 0) is 74.3 Å². The van der Waals surface area contributed by atoms with E-state index in [9.17, 15) is 9.90 Å². The molecule has 6 atom stereocenters. The Balaban J connectivity index is 2.32. The third-order valence-corrected chi connectivity index (χ3v) is 9.23. The number of aromatic nitrogens is 1. The lowest BCUT2D eigenvalue weighted by atomic mass is 9.66. The zero-order chi connectivity index (χ0) is 25.6. The van der Waals surface area contributed by atoms with Crippen LogP contribution in [0.2, 0.25) is 0 Å². The topological polar surface area (TPSA) is 59.4 Å². The molecule has 0 spiro atoms. The molecule has 2 rings (SSSR count). The first-order chi connectivity index (χ1) is 15.8. The Morgan fingerprint density at radius 3 is 2.50 bits per heavy atom. The number of aryl methyl sites for hydroxylation is 1. The van der Waals surface area contributed by atoms with Gasteiger partial charge in [0, 0.05) is 18.2 Å². The molecule has 0 bridgehead atoms. The Morgan fingerprint density at radius 1 is 1.21 bits per heavy atom. The van der Waals surface area contributed by atoms with Crippen LogP contribution in [-0.4, -0.2) is 28.3 Å². The van der Waals surface area contributed by atoms with Crippen molar-refractivity contribution in [3.05, 3.63) is 33.3 Å². The molecule has 34 heavy (non-hydrogen) atoms. The van der Waals surface area contributed by atoms with Gasteiger partial charge in [-0.3, -0.25) is 4.79 Å². The number of cyclic esters (lactones) is 1. The first kappa shape index (κ1) is 28.8. The fourth-order valence-corrected chi connectivity index (χ4v) is 5.54. The van der Waals surface area contributed by atoms with Crippen LogP contribution < -0.4 is 0 Å². The van der Waals surface area contributed by atoms with Gasteiger partial charge in [-0.2, -0.15) is 0 Å². The van der Waals surface area contributed by atoms with Crippen molar-refractivity contribution in [1.82, 2.24) is 4.98 Å². The van der Waals surface area contributed by atoms with Gasteiger partial charge in [0.1, 0.15) is 6.10 Å². The van der Waals surface area contributed by atoms with Gasteiger partial charge in [0.25, 0.3) is 0 Å². The van der Waals surface area contributed by atoms with Gasteiger partial charge in [0.15, 0.2) is 0 Å². The zero-order valence-electron chi connectivity index (χ0n) is 22.9. The summed E-state index contributed by atoms with van der Waals surface area (Å²) >= 11 is 1.62. The van der Waals surface area contributed by atoms with Crippen LogP contribution in [0.25, 0.3) is 6.08 Å². The van der Waals surface area contributed by atoms with Crippen LogP contribution in [0, 0.1) is 36.0 Å². The van der Waals surface area contributed by atoms with Crippen molar-refractivity contribution in [2.75, 3.05) is 0 Å². The fraction of sp³-hybridized carbons (Fsp3) is 0.724. The number of nitrogens with zero attached hydrogens (tertiary/aromatic N) is 1. The van der Waals surface area contributed by atoms with Crippen LogP contribution in [0.1, 0.15) is 98.2 Å². The Morgan fingerprint density at radius 2 is 1.88 bits per heavy atom. The number of carbonyl (C=O) groups is 1. The summed E-state index contributed by atoms with van der Waals surface area (Å²) in [6, 6.07) is 0. The lowest BCUT2D eigenvalue weighted by Gasteiger charge is -2.42. The second-order valence-electron chi connectivity index (χ2n) is 11.4. The Labute approximate surface area is 211 Å². The van der Waals surface area contributed by atoms with Crippen molar-refractivity contribution >= 4 is 23.4 Å². The zero-order valence-corrected chi connectivity index (χ0v) is 23.7. The predicted octanol–water partition coefficient (Wildman–Crippen LogP) is 7.61. The third kappa shape index (κ3) is 7.78. The number of hydrogen-bond acceptors (Lipinski definition) is 5. The molecule has 5 heteroatoms. The smallest absolute Gasteiger partial charge is 0.306 e. The minimum Gasteiger partial charge on any atom is -0.457 e. The first-order valence-electron chi connectivity index (χ1n) is 13.0. The SMILES string of the molecule is C/C1=C/C[C@@H](/C(C)=C/c2csc(C)n2)OC(=O)C[C@H](C)C(C)(C)[C@H](O)[C@H](C)[C@@H](C)[C@@H](C)CCC1. The normalized spacial score (nSPS) is 34.2. The quantitative estimate of drug-likeness (QED) is 0.343. The monoisotopic (exact) mass is 489 g/mol. The molecular weight excluding hydrogens is 442 g/mol. The number of esters is 1. The summed E-state index contributed by atoms with van der Waals surface area (Å²) in [5, 5.41) is 14.4. The Bertz CT molecular complexity index is 868. The summed E-state index contributed by atoms with van der Waals surface area (Å²) in [6.45, 7) is 19.2. The van der Waals surface area contributed by atoms with E-state index >= 15 is 0 Å². The summed E-state index contributed by atoms with van der Waals surface area (Å²) in [5.41, 5.74) is 2.87. The van der Waals surface area contributed by atoms with E-state index in [0.29, 0.717) is 24.7 Å². The van der Waals surface area contributed by atoms with Crippen molar-refractivity contribution in [3.8, 4) is 0 Å². The molecule has 0 radical (unpaired) electrons. The van der Waals surface area contributed by atoms with Gasteiger partial charge in [-0.1, -0.05) is 59.6 Å². The van der Waals surface area contributed by atoms with E-state index in [1.165, 1.54) is 5.57 Å². The van der Waals surface area contributed by atoms with Gasteiger partial charge in [-0.25, -0.2) is 4.98 Å². The molecule has 1 aliphatic heterocycles. The van der Waals surface area contributed by atoms with Gasteiger partial charge < -0.3 is 9.84 Å². The summed E-state index contributed by atoms with van der Waals surface area (Å²) in [6.07, 6.45) is 7.78. The molecule has 0 fully saturated rings. The number of aliphatic hydroxyl groups excluding tert-OH is 1. The molecular formula is C29H47NO3S. The van der Waals surface area contributed by atoms with Crippen molar-refractivity contribution in [3.63, 3.8) is 0 Å². The maximum absolute atomic E-state index is 13.1. The molecule has 192 valence electrons. The van der Waals surface area contributed by atoms with Crippen LogP contribution in [0.3, 0.4) is 0 Å². The summed E-state index contributed by atoms with van der Waals surface area (Å²) < 4.78 is 6.05. The maximum Gasteiger partial charge on any atom is 0.306 e. The van der Waals surface area contributed by atoms with Gasteiger partial charge >= 0.3 is 5.97 Å². The number of ether oxygens (including phenoxy) is 1. The number of hydrogen-bond donors (Lipinski definition) is 1. The second-order valence-corrected chi connectivity index (χ2v) is 12.5. The lowest BCUT2D eigenvalue weighted by molar-refractivity contribution is -0.150. The Kier molecular flexibility index (Phi) is 10.6. The molecule has 2 heterocycles. The predicted molar refractivity (Wildman–Crippen MR) is 144 cm³/mol. The third-order valence-electron chi connectivity index (χ3n) is 8.44. The van der Waals surface area contributed by atoms with E-state index in [2.05, 4.69) is 59.5 Å². The number of allylic oxidation sites excluding steroid dienone is 1. The molecule has 0 saturated heterocycles. The average molecular weight is 490 g/mol. The van der Waals surface area contributed by atoms with Crippen molar-refractivity contribution < 1.29 is 14.6 Å². The highest BCUT2D eigenvalue weighted by Crippen LogP contribution is 2.40. The minimum atomic E-state index is -0.479. The molecule has 0 amide bonds. The molecule has 1 aromatic heterocycles.